The first-order chi connectivity index (χ1) is 7.09. The van der Waals surface area contributed by atoms with E-state index in [1.165, 1.54) is 13.3 Å². The Kier molecular flexibility index (Phi) is 4.36. The molecule has 0 unspecified atom stereocenters. The second kappa shape index (κ2) is 5.55. The normalized spacial score (nSPS) is 19.3. The van der Waals surface area contributed by atoms with Crippen LogP contribution in [0.15, 0.2) is 0 Å². The molecule has 0 aromatic heterocycles. The number of piperidine rings is 1. The van der Waals surface area contributed by atoms with Gasteiger partial charge in [0.05, 0.1) is 0 Å². The average molecular weight is 215 g/mol. The third-order valence-corrected chi connectivity index (χ3v) is 2.36. The molecule has 1 saturated heterocycles. The summed E-state index contributed by atoms with van der Waals surface area (Å²) in [5.74, 6) is -0.306. The highest BCUT2D eigenvalue weighted by Crippen LogP contribution is 2.05. The summed E-state index contributed by atoms with van der Waals surface area (Å²) in [5, 5.41) is 12.4. The highest BCUT2D eigenvalue weighted by molar-refractivity contribution is 5.84. The molecule has 0 aromatic rings. The molecular weight excluding hydrogens is 198 g/mol. The largest absolute Gasteiger partial charge is 0.465 e. The topological polar surface area (TPSA) is 81.7 Å². The SMILES string of the molecule is C[C@H](NC(=O)O)C(=O)NN1CCCCC1. The average Bonchev–Trinajstić information content (AvgIpc) is 2.18. The van der Waals surface area contributed by atoms with E-state index in [4.69, 9.17) is 5.11 Å². The van der Waals surface area contributed by atoms with Crippen LogP contribution in [0.3, 0.4) is 0 Å². The summed E-state index contributed by atoms with van der Waals surface area (Å²) in [4.78, 5) is 21.8. The van der Waals surface area contributed by atoms with Crippen LogP contribution >= 0.6 is 0 Å². The molecule has 0 radical (unpaired) electrons. The van der Waals surface area contributed by atoms with Crippen molar-refractivity contribution in [1.82, 2.24) is 15.8 Å². The second-order valence-electron chi connectivity index (χ2n) is 3.69. The highest BCUT2D eigenvalue weighted by atomic mass is 16.4. The zero-order chi connectivity index (χ0) is 11.3. The molecule has 0 saturated carbocycles. The van der Waals surface area contributed by atoms with Gasteiger partial charge in [-0.1, -0.05) is 6.42 Å². The number of nitrogens with one attached hydrogen (secondary N) is 2. The van der Waals surface area contributed by atoms with Gasteiger partial charge < -0.3 is 10.4 Å². The quantitative estimate of drug-likeness (QED) is 0.626. The number of carbonyl (C=O) groups is 2. The number of nitrogens with zero attached hydrogens (tertiary/aromatic N) is 1. The van der Waals surface area contributed by atoms with Crippen molar-refractivity contribution in [2.75, 3.05) is 13.1 Å². The number of hydrogen-bond acceptors (Lipinski definition) is 3. The van der Waals surface area contributed by atoms with Crippen LogP contribution in [0.1, 0.15) is 26.2 Å². The maximum atomic E-state index is 11.5. The molecule has 6 heteroatoms. The van der Waals surface area contributed by atoms with Gasteiger partial charge in [0.1, 0.15) is 6.04 Å². The van der Waals surface area contributed by atoms with E-state index < -0.39 is 12.1 Å². The second-order valence-corrected chi connectivity index (χ2v) is 3.69. The number of rotatable bonds is 3. The van der Waals surface area contributed by atoms with Crippen LogP contribution in [0.2, 0.25) is 0 Å². The van der Waals surface area contributed by atoms with E-state index in [-0.39, 0.29) is 5.91 Å². The molecule has 0 bridgehead atoms. The molecule has 0 aromatic carbocycles. The Morgan fingerprint density at radius 3 is 2.40 bits per heavy atom. The lowest BCUT2D eigenvalue weighted by Crippen LogP contribution is -2.52. The minimum absolute atomic E-state index is 0.306. The standard InChI is InChI=1S/C9H17N3O3/c1-7(10-9(14)15)8(13)11-12-5-3-2-4-6-12/h7,10H,2-6H2,1H3,(H,11,13)(H,14,15)/t7-/m0/s1. The van der Waals surface area contributed by atoms with Gasteiger partial charge in [-0.15, -0.1) is 0 Å². The van der Waals surface area contributed by atoms with Crippen molar-refractivity contribution >= 4 is 12.0 Å². The molecule has 1 atom stereocenters. The Balaban J connectivity index is 2.30. The van der Waals surface area contributed by atoms with Crippen LogP contribution in [0.25, 0.3) is 0 Å². The van der Waals surface area contributed by atoms with Gasteiger partial charge in [-0.3, -0.25) is 10.2 Å². The number of hydrazine groups is 1. The van der Waals surface area contributed by atoms with Gasteiger partial charge in [-0.25, -0.2) is 9.80 Å². The number of carbonyl (C=O) groups excluding carboxylic acids is 1. The molecular formula is C9H17N3O3. The van der Waals surface area contributed by atoms with E-state index in [2.05, 4.69) is 10.7 Å². The predicted molar refractivity (Wildman–Crippen MR) is 54.2 cm³/mol. The Morgan fingerprint density at radius 1 is 1.27 bits per heavy atom. The molecule has 1 fully saturated rings. The maximum absolute atomic E-state index is 11.5. The first kappa shape index (κ1) is 11.8. The minimum Gasteiger partial charge on any atom is -0.465 e. The van der Waals surface area contributed by atoms with Gasteiger partial charge in [0.2, 0.25) is 0 Å². The van der Waals surface area contributed by atoms with Gasteiger partial charge >= 0.3 is 6.09 Å². The van der Waals surface area contributed by atoms with Crippen LogP contribution in [0.5, 0.6) is 0 Å². The Morgan fingerprint density at radius 2 is 1.87 bits per heavy atom. The Labute approximate surface area is 88.6 Å². The molecule has 3 N–H and O–H groups in total. The fourth-order valence-electron chi connectivity index (χ4n) is 1.51. The molecule has 2 amide bonds. The van der Waals surface area contributed by atoms with Gasteiger partial charge in [-0.2, -0.15) is 0 Å². The van der Waals surface area contributed by atoms with E-state index in [1.54, 1.807) is 0 Å². The highest BCUT2D eigenvalue weighted by Gasteiger charge is 2.18. The van der Waals surface area contributed by atoms with Crippen molar-refractivity contribution in [3.8, 4) is 0 Å². The summed E-state index contributed by atoms with van der Waals surface area (Å²) in [7, 11) is 0. The third-order valence-electron chi connectivity index (χ3n) is 2.36. The van der Waals surface area contributed by atoms with Gasteiger partial charge in [0.25, 0.3) is 5.91 Å². The number of carboxylic acid groups (broad SMARTS) is 1. The number of amides is 2. The van der Waals surface area contributed by atoms with Crippen LogP contribution in [-0.2, 0) is 4.79 Å². The fraction of sp³-hybridized carbons (Fsp3) is 0.778. The van der Waals surface area contributed by atoms with Gasteiger partial charge in [-0.05, 0) is 19.8 Å². The molecule has 1 heterocycles. The maximum Gasteiger partial charge on any atom is 0.405 e. The van der Waals surface area contributed by atoms with Gasteiger partial charge in [0.15, 0.2) is 0 Å². The summed E-state index contributed by atoms with van der Waals surface area (Å²) in [5.41, 5.74) is 2.69. The smallest absolute Gasteiger partial charge is 0.405 e. The summed E-state index contributed by atoms with van der Waals surface area (Å²) in [6, 6.07) is -0.718. The molecule has 0 aliphatic carbocycles. The molecule has 1 aliphatic rings. The van der Waals surface area contributed by atoms with E-state index in [0.29, 0.717) is 0 Å². The van der Waals surface area contributed by atoms with Crippen molar-refractivity contribution in [1.29, 1.82) is 0 Å². The molecule has 1 aliphatic heterocycles. The van der Waals surface area contributed by atoms with Crippen LogP contribution in [-0.4, -0.2) is 41.2 Å². The monoisotopic (exact) mass is 215 g/mol. The molecule has 15 heavy (non-hydrogen) atoms. The molecule has 86 valence electrons. The zero-order valence-electron chi connectivity index (χ0n) is 8.82. The van der Waals surface area contributed by atoms with Gasteiger partial charge in [0, 0.05) is 13.1 Å². The summed E-state index contributed by atoms with van der Waals surface area (Å²) in [6.07, 6.45) is 2.15. The van der Waals surface area contributed by atoms with Crippen LogP contribution in [0.4, 0.5) is 4.79 Å². The summed E-state index contributed by atoms with van der Waals surface area (Å²) < 4.78 is 0. The Hall–Kier alpha value is -1.30. The van der Waals surface area contributed by atoms with E-state index in [9.17, 15) is 9.59 Å². The van der Waals surface area contributed by atoms with E-state index in [1.807, 2.05) is 5.01 Å². The lowest BCUT2D eigenvalue weighted by Gasteiger charge is -2.27. The first-order valence-corrected chi connectivity index (χ1v) is 5.14. The molecule has 0 spiro atoms. The van der Waals surface area contributed by atoms with Crippen molar-refractivity contribution in [2.24, 2.45) is 0 Å². The van der Waals surface area contributed by atoms with E-state index in [0.717, 1.165) is 25.9 Å². The lowest BCUT2D eigenvalue weighted by atomic mass is 10.2. The van der Waals surface area contributed by atoms with E-state index >= 15 is 0 Å². The van der Waals surface area contributed by atoms with Crippen LogP contribution in [0, 0.1) is 0 Å². The fourth-order valence-corrected chi connectivity index (χ4v) is 1.51. The predicted octanol–water partition coefficient (Wildman–Crippen LogP) is 0.160. The minimum atomic E-state index is -1.18. The molecule has 1 rings (SSSR count). The lowest BCUT2D eigenvalue weighted by molar-refractivity contribution is -0.128. The first-order valence-electron chi connectivity index (χ1n) is 5.14. The van der Waals surface area contributed by atoms with Crippen molar-refractivity contribution in [2.45, 2.75) is 32.2 Å². The molecule has 6 nitrogen and oxygen atoms in total. The third kappa shape index (κ3) is 4.16. The summed E-state index contributed by atoms with van der Waals surface area (Å²) in [6.45, 7) is 3.20. The van der Waals surface area contributed by atoms with Crippen LogP contribution < -0.4 is 10.7 Å². The summed E-state index contributed by atoms with van der Waals surface area (Å²) >= 11 is 0. The number of hydrogen-bond donors (Lipinski definition) is 3. The zero-order valence-corrected chi connectivity index (χ0v) is 8.82. The van der Waals surface area contributed by atoms with Crippen molar-refractivity contribution < 1.29 is 14.7 Å². The Bertz CT molecular complexity index is 239. The van der Waals surface area contributed by atoms with Crippen molar-refractivity contribution in [3.05, 3.63) is 0 Å². The van der Waals surface area contributed by atoms with Crippen molar-refractivity contribution in [3.63, 3.8) is 0 Å².